The summed E-state index contributed by atoms with van der Waals surface area (Å²) in [6, 6.07) is 27.8. The van der Waals surface area contributed by atoms with Crippen LogP contribution in [-0.2, 0) is 25.5 Å². The molecule has 7 heteroatoms. The number of thioether (sulfide) groups is 1. The van der Waals surface area contributed by atoms with Crippen LogP contribution in [0.25, 0.3) is 0 Å². The summed E-state index contributed by atoms with van der Waals surface area (Å²) in [7, 11) is 0. The minimum Gasteiger partial charge on any atom is -0.448 e. The van der Waals surface area contributed by atoms with Crippen molar-refractivity contribution in [3.05, 3.63) is 131 Å². The Morgan fingerprint density at radius 2 is 1.55 bits per heavy atom. The zero-order valence-corrected chi connectivity index (χ0v) is 21.8. The first-order valence-corrected chi connectivity index (χ1v) is 13.6. The number of fused-ring (bicyclic) bond motifs is 1. The molecule has 2 atom stereocenters. The second-order valence-electron chi connectivity index (χ2n) is 9.10. The molecule has 2 heterocycles. The summed E-state index contributed by atoms with van der Waals surface area (Å²) in [5.41, 5.74) is 3.51. The lowest BCUT2D eigenvalue weighted by atomic mass is 10.00. The molecule has 5 rings (SSSR count). The number of carbonyl (C=O) groups excluding carboxylic acids is 3. The predicted octanol–water partition coefficient (Wildman–Crippen LogP) is 4.79. The van der Waals surface area contributed by atoms with Gasteiger partial charge in [-0.2, -0.15) is 0 Å². The molecule has 0 aliphatic carbocycles. The van der Waals surface area contributed by atoms with E-state index in [-0.39, 0.29) is 29.3 Å². The van der Waals surface area contributed by atoms with Crippen LogP contribution in [0.4, 0.5) is 0 Å². The second kappa shape index (κ2) is 11.5. The Balaban J connectivity index is 1.37. The van der Waals surface area contributed by atoms with Crippen LogP contribution in [0.15, 0.2) is 114 Å². The standard InChI is InChI=1S/C31H28N2O4S/c1-2-12-24-20-38-30-26(32-25(34)19-21-13-6-3-7-14-21)29(35)33(30)27(24)31(36)37-28(22-15-8-4-9-16-22)23-17-10-5-11-18-23/h2-18,26,28,30H,19-20H2,1H3,(H,32,34)/b12-2-/t26-,30-/m1/s1. The number of carbonyl (C=O) groups is 3. The van der Waals surface area contributed by atoms with E-state index in [0.717, 1.165) is 22.3 Å². The van der Waals surface area contributed by atoms with E-state index < -0.39 is 18.1 Å². The molecule has 2 aliphatic rings. The molecular formula is C31H28N2O4S. The van der Waals surface area contributed by atoms with Crippen LogP contribution in [0.2, 0.25) is 0 Å². The molecule has 0 unspecified atom stereocenters. The van der Waals surface area contributed by atoms with Gasteiger partial charge in [-0.1, -0.05) is 103 Å². The van der Waals surface area contributed by atoms with Gasteiger partial charge in [-0.25, -0.2) is 4.79 Å². The highest BCUT2D eigenvalue weighted by Gasteiger charge is 2.54. The lowest BCUT2D eigenvalue weighted by Crippen LogP contribution is -2.70. The molecule has 1 N–H and O–H groups in total. The third-order valence-corrected chi connectivity index (χ3v) is 7.81. The molecule has 3 aromatic rings. The van der Waals surface area contributed by atoms with Crippen LogP contribution in [0.5, 0.6) is 0 Å². The molecule has 3 aromatic carbocycles. The molecule has 1 fully saturated rings. The highest BCUT2D eigenvalue weighted by Crippen LogP contribution is 2.42. The van der Waals surface area contributed by atoms with Gasteiger partial charge in [-0.15, -0.1) is 11.8 Å². The number of rotatable bonds is 8. The topological polar surface area (TPSA) is 75.7 Å². The molecule has 192 valence electrons. The van der Waals surface area contributed by atoms with Crippen molar-refractivity contribution in [3.63, 3.8) is 0 Å². The van der Waals surface area contributed by atoms with Gasteiger partial charge >= 0.3 is 5.97 Å². The van der Waals surface area contributed by atoms with E-state index in [9.17, 15) is 14.4 Å². The van der Waals surface area contributed by atoms with Gasteiger partial charge in [-0.05, 0) is 29.2 Å². The van der Waals surface area contributed by atoms with Crippen LogP contribution < -0.4 is 5.32 Å². The Hall–Kier alpha value is -4.10. The lowest BCUT2D eigenvalue weighted by Gasteiger charge is -2.49. The van der Waals surface area contributed by atoms with Gasteiger partial charge in [0.2, 0.25) is 5.91 Å². The largest absolute Gasteiger partial charge is 0.448 e. The number of amides is 2. The summed E-state index contributed by atoms with van der Waals surface area (Å²) in [4.78, 5) is 41.2. The Morgan fingerprint density at radius 3 is 2.13 bits per heavy atom. The van der Waals surface area contributed by atoms with E-state index in [0.29, 0.717) is 5.75 Å². The molecule has 6 nitrogen and oxygen atoms in total. The Bertz CT molecular complexity index is 1330. The van der Waals surface area contributed by atoms with Crippen molar-refractivity contribution in [1.29, 1.82) is 0 Å². The van der Waals surface area contributed by atoms with Gasteiger partial charge in [0.05, 0.1) is 6.42 Å². The molecule has 1 saturated heterocycles. The molecule has 2 amide bonds. The smallest absolute Gasteiger partial charge is 0.356 e. The molecule has 2 aliphatic heterocycles. The van der Waals surface area contributed by atoms with Gasteiger partial charge in [0.25, 0.3) is 5.91 Å². The van der Waals surface area contributed by atoms with E-state index in [2.05, 4.69) is 5.32 Å². The van der Waals surface area contributed by atoms with Crippen molar-refractivity contribution >= 4 is 29.5 Å². The molecular weight excluding hydrogens is 496 g/mol. The van der Waals surface area contributed by atoms with Crippen LogP contribution in [0.3, 0.4) is 0 Å². The zero-order chi connectivity index (χ0) is 26.5. The van der Waals surface area contributed by atoms with Gasteiger partial charge in [-0.3, -0.25) is 14.5 Å². The molecule has 0 saturated carbocycles. The number of nitrogens with zero attached hydrogens (tertiary/aromatic N) is 1. The summed E-state index contributed by atoms with van der Waals surface area (Å²) in [5, 5.41) is 2.50. The van der Waals surface area contributed by atoms with Gasteiger partial charge in [0.1, 0.15) is 17.1 Å². The van der Waals surface area contributed by atoms with Crippen molar-refractivity contribution in [2.75, 3.05) is 5.75 Å². The van der Waals surface area contributed by atoms with Crippen LogP contribution in [-0.4, -0.2) is 39.9 Å². The highest BCUT2D eigenvalue weighted by atomic mass is 32.2. The first-order valence-electron chi connectivity index (χ1n) is 12.5. The average Bonchev–Trinajstić information content (AvgIpc) is 2.96. The van der Waals surface area contributed by atoms with E-state index >= 15 is 0 Å². The van der Waals surface area contributed by atoms with Gasteiger partial charge < -0.3 is 10.1 Å². The third kappa shape index (κ3) is 5.29. The fraction of sp³-hybridized carbons (Fsp3) is 0.194. The normalized spacial score (nSPS) is 18.8. The summed E-state index contributed by atoms with van der Waals surface area (Å²) >= 11 is 1.53. The molecule has 0 radical (unpaired) electrons. The maximum absolute atomic E-state index is 13.7. The second-order valence-corrected chi connectivity index (χ2v) is 10.2. The van der Waals surface area contributed by atoms with E-state index in [1.165, 1.54) is 16.7 Å². The number of ether oxygens (including phenoxy) is 1. The average molecular weight is 525 g/mol. The fourth-order valence-electron chi connectivity index (χ4n) is 4.71. The number of nitrogens with one attached hydrogen (secondary N) is 1. The van der Waals surface area contributed by atoms with Crippen LogP contribution in [0, 0.1) is 0 Å². The van der Waals surface area contributed by atoms with Crippen LogP contribution in [0.1, 0.15) is 29.7 Å². The first-order chi connectivity index (χ1) is 18.6. The van der Waals surface area contributed by atoms with Crippen molar-refractivity contribution in [3.8, 4) is 0 Å². The molecule has 0 bridgehead atoms. The first kappa shape index (κ1) is 25.5. The lowest BCUT2D eigenvalue weighted by molar-refractivity contribution is -0.154. The quantitative estimate of drug-likeness (QED) is 0.339. The maximum Gasteiger partial charge on any atom is 0.356 e. The Morgan fingerprint density at radius 1 is 0.974 bits per heavy atom. The third-order valence-electron chi connectivity index (χ3n) is 6.51. The number of esters is 1. The van der Waals surface area contributed by atoms with E-state index in [1.54, 1.807) is 0 Å². The maximum atomic E-state index is 13.7. The summed E-state index contributed by atoms with van der Waals surface area (Å²) in [6.07, 6.45) is 3.25. The SMILES string of the molecule is C/C=C\C1=C(C(=O)OC(c2ccccc2)c2ccccc2)N2C(=O)[C@@H](NC(=O)Cc3ccccc3)[C@H]2SC1. The minimum atomic E-state index is -0.690. The van der Waals surface area contributed by atoms with Crippen molar-refractivity contribution in [1.82, 2.24) is 10.2 Å². The highest BCUT2D eigenvalue weighted by molar-refractivity contribution is 8.00. The van der Waals surface area contributed by atoms with Gasteiger partial charge in [0.15, 0.2) is 6.10 Å². The summed E-state index contributed by atoms with van der Waals surface area (Å²) in [6.45, 7) is 1.87. The predicted molar refractivity (Wildman–Crippen MR) is 148 cm³/mol. The number of hydrogen-bond acceptors (Lipinski definition) is 5. The Labute approximate surface area is 226 Å². The van der Waals surface area contributed by atoms with Gasteiger partial charge in [0, 0.05) is 5.75 Å². The summed E-state index contributed by atoms with van der Waals surface area (Å²) < 4.78 is 6.11. The van der Waals surface area contributed by atoms with Crippen molar-refractivity contribution in [2.24, 2.45) is 0 Å². The monoisotopic (exact) mass is 524 g/mol. The fourth-order valence-corrected chi connectivity index (χ4v) is 6.03. The van der Waals surface area contributed by atoms with Crippen molar-refractivity contribution in [2.45, 2.75) is 30.9 Å². The van der Waals surface area contributed by atoms with Crippen molar-refractivity contribution < 1.29 is 19.1 Å². The van der Waals surface area contributed by atoms with E-state index in [1.807, 2.05) is 110 Å². The number of hydrogen-bond donors (Lipinski definition) is 1. The van der Waals surface area contributed by atoms with Crippen LogP contribution >= 0.6 is 11.8 Å². The molecule has 0 aromatic heterocycles. The number of benzene rings is 3. The number of allylic oxidation sites excluding steroid dienone is 2. The Kier molecular flexibility index (Phi) is 7.75. The number of β-lactam (4-membered cyclic amide) rings is 1. The summed E-state index contributed by atoms with van der Waals surface area (Å²) in [5.74, 6) is -0.581. The zero-order valence-electron chi connectivity index (χ0n) is 20.9. The molecule has 0 spiro atoms. The molecule has 38 heavy (non-hydrogen) atoms. The minimum absolute atomic E-state index is 0.187. The van der Waals surface area contributed by atoms with E-state index in [4.69, 9.17) is 4.74 Å².